The molecule has 4 nitrogen and oxygen atoms in total. The maximum Gasteiger partial charge on any atom is 0.330 e. The van der Waals surface area contributed by atoms with Crippen molar-refractivity contribution >= 4 is 17.7 Å². The van der Waals surface area contributed by atoms with Crippen LogP contribution in [0.3, 0.4) is 0 Å². The summed E-state index contributed by atoms with van der Waals surface area (Å²) in [6.45, 7) is 3.10. The Balaban J connectivity index is 1.49. The Hall–Kier alpha value is -2.75. The van der Waals surface area contributed by atoms with Gasteiger partial charge >= 0.3 is 5.97 Å². The lowest BCUT2D eigenvalue weighted by Crippen LogP contribution is -2.20. The monoisotopic (exact) mass is 393 g/mol. The lowest BCUT2D eigenvalue weighted by atomic mass is 9.78. The van der Waals surface area contributed by atoms with Crippen molar-refractivity contribution in [2.45, 2.75) is 38.5 Å². The second kappa shape index (κ2) is 10.1. The van der Waals surface area contributed by atoms with Gasteiger partial charge in [0.05, 0.1) is 14.2 Å². The van der Waals surface area contributed by atoms with Crippen LogP contribution in [0, 0.1) is 12.8 Å². The SMILES string of the molecule is COC(=O)/C=C/c1cccc(NCC2CCC(c3ccc(OC)c(C)c3)CC2)c1. The molecular formula is C25H31NO3. The molecule has 0 bridgehead atoms. The molecule has 29 heavy (non-hydrogen) atoms. The van der Waals surface area contributed by atoms with Gasteiger partial charge in [0.15, 0.2) is 0 Å². The van der Waals surface area contributed by atoms with Gasteiger partial charge in [0.2, 0.25) is 0 Å². The van der Waals surface area contributed by atoms with Crippen LogP contribution in [0.15, 0.2) is 48.5 Å². The highest BCUT2D eigenvalue weighted by Gasteiger charge is 2.22. The van der Waals surface area contributed by atoms with Crippen molar-refractivity contribution in [1.82, 2.24) is 0 Å². The van der Waals surface area contributed by atoms with E-state index in [9.17, 15) is 4.79 Å². The summed E-state index contributed by atoms with van der Waals surface area (Å²) in [6.07, 6.45) is 8.18. The van der Waals surface area contributed by atoms with Gasteiger partial charge in [-0.3, -0.25) is 0 Å². The second-order valence-corrected chi connectivity index (χ2v) is 7.81. The number of nitrogens with one attached hydrogen (secondary N) is 1. The Bertz CT molecular complexity index is 851. The van der Waals surface area contributed by atoms with Gasteiger partial charge < -0.3 is 14.8 Å². The number of methoxy groups -OCH3 is 2. The highest BCUT2D eigenvalue weighted by atomic mass is 16.5. The number of esters is 1. The van der Waals surface area contributed by atoms with Crippen molar-refractivity contribution in [2.24, 2.45) is 5.92 Å². The zero-order valence-corrected chi connectivity index (χ0v) is 17.6. The maximum absolute atomic E-state index is 11.3. The highest BCUT2D eigenvalue weighted by molar-refractivity contribution is 5.87. The number of ether oxygens (including phenoxy) is 2. The standard InChI is InChI=1S/C25H31NO3/c1-18-15-22(12-13-24(18)28-2)21-10-7-20(8-11-21)17-26-23-6-4-5-19(16-23)9-14-25(27)29-3/h4-6,9,12-16,20-21,26H,7-8,10-11,17H2,1-3H3/b14-9+. The van der Waals surface area contributed by atoms with Crippen LogP contribution in [-0.4, -0.2) is 26.7 Å². The van der Waals surface area contributed by atoms with E-state index in [1.807, 2.05) is 12.1 Å². The summed E-state index contributed by atoms with van der Waals surface area (Å²) in [4.78, 5) is 11.3. The Morgan fingerprint density at radius 1 is 1.10 bits per heavy atom. The summed E-state index contributed by atoms with van der Waals surface area (Å²) in [6, 6.07) is 14.7. The van der Waals surface area contributed by atoms with Gasteiger partial charge in [-0.25, -0.2) is 4.79 Å². The molecule has 0 aliphatic heterocycles. The van der Waals surface area contributed by atoms with Crippen molar-refractivity contribution in [3.05, 3.63) is 65.2 Å². The van der Waals surface area contributed by atoms with Gasteiger partial charge in [-0.15, -0.1) is 0 Å². The molecular weight excluding hydrogens is 362 g/mol. The average molecular weight is 394 g/mol. The molecule has 0 unspecified atom stereocenters. The molecule has 154 valence electrons. The van der Waals surface area contributed by atoms with Crippen LogP contribution in [0.4, 0.5) is 5.69 Å². The summed E-state index contributed by atoms with van der Waals surface area (Å²) in [5.74, 6) is 1.98. The third-order valence-electron chi connectivity index (χ3n) is 5.83. The Morgan fingerprint density at radius 3 is 2.59 bits per heavy atom. The van der Waals surface area contributed by atoms with Crippen molar-refractivity contribution in [3.63, 3.8) is 0 Å². The first-order valence-corrected chi connectivity index (χ1v) is 10.3. The fourth-order valence-corrected chi connectivity index (χ4v) is 4.10. The molecule has 1 saturated carbocycles. The number of rotatable bonds is 7. The molecule has 0 spiro atoms. The quantitative estimate of drug-likeness (QED) is 0.493. The molecule has 1 N–H and O–H groups in total. The van der Waals surface area contributed by atoms with E-state index < -0.39 is 0 Å². The molecule has 0 saturated heterocycles. The number of hydrogen-bond donors (Lipinski definition) is 1. The van der Waals surface area contributed by atoms with Gasteiger partial charge in [-0.2, -0.15) is 0 Å². The molecule has 4 heteroatoms. The Labute approximate surface area is 173 Å². The van der Waals surface area contributed by atoms with Crippen molar-refractivity contribution in [2.75, 3.05) is 26.1 Å². The largest absolute Gasteiger partial charge is 0.496 e. The van der Waals surface area contributed by atoms with E-state index in [2.05, 4.69) is 47.3 Å². The fraction of sp³-hybridized carbons (Fsp3) is 0.400. The van der Waals surface area contributed by atoms with Gasteiger partial charge in [-0.05, 0) is 85.4 Å². The highest BCUT2D eigenvalue weighted by Crippen LogP contribution is 2.37. The van der Waals surface area contributed by atoms with Crippen LogP contribution in [0.25, 0.3) is 6.08 Å². The minimum Gasteiger partial charge on any atom is -0.496 e. The van der Waals surface area contributed by atoms with Crippen molar-refractivity contribution in [1.29, 1.82) is 0 Å². The normalized spacial score (nSPS) is 19.1. The molecule has 0 heterocycles. The van der Waals surface area contributed by atoms with Crippen molar-refractivity contribution in [3.8, 4) is 5.75 Å². The second-order valence-electron chi connectivity index (χ2n) is 7.81. The molecule has 0 amide bonds. The average Bonchev–Trinajstić information content (AvgIpc) is 2.76. The predicted octanol–water partition coefficient (Wildman–Crippen LogP) is 5.58. The number of carbonyl (C=O) groups excluding carboxylic acids is 1. The maximum atomic E-state index is 11.3. The molecule has 1 fully saturated rings. The molecule has 1 aliphatic rings. The first kappa shape index (κ1) is 21.0. The predicted molar refractivity (Wildman–Crippen MR) is 118 cm³/mol. The van der Waals surface area contributed by atoms with Crippen LogP contribution in [-0.2, 0) is 9.53 Å². The number of hydrogen-bond acceptors (Lipinski definition) is 4. The summed E-state index contributed by atoms with van der Waals surface area (Å²) >= 11 is 0. The first-order chi connectivity index (χ1) is 14.1. The van der Waals surface area contributed by atoms with Crippen LogP contribution >= 0.6 is 0 Å². The zero-order chi connectivity index (χ0) is 20.6. The number of carbonyl (C=O) groups is 1. The number of aryl methyl sites for hydroxylation is 1. The topological polar surface area (TPSA) is 47.6 Å². The lowest BCUT2D eigenvalue weighted by molar-refractivity contribution is -0.134. The van der Waals surface area contributed by atoms with E-state index in [0.29, 0.717) is 11.8 Å². The van der Waals surface area contributed by atoms with E-state index in [1.54, 1.807) is 13.2 Å². The summed E-state index contributed by atoms with van der Waals surface area (Å²) in [5, 5.41) is 3.57. The molecule has 2 aromatic carbocycles. The third-order valence-corrected chi connectivity index (χ3v) is 5.83. The van der Waals surface area contributed by atoms with E-state index in [1.165, 1.54) is 50.0 Å². The van der Waals surface area contributed by atoms with E-state index >= 15 is 0 Å². The van der Waals surface area contributed by atoms with Crippen LogP contribution in [0.1, 0.15) is 48.3 Å². The van der Waals surface area contributed by atoms with E-state index in [0.717, 1.165) is 23.5 Å². The summed E-state index contributed by atoms with van der Waals surface area (Å²) in [5.41, 5.74) is 4.73. The molecule has 0 atom stereocenters. The van der Waals surface area contributed by atoms with E-state index in [-0.39, 0.29) is 5.97 Å². The zero-order valence-electron chi connectivity index (χ0n) is 17.6. The number of anilines is 1. The summed E-state index contributed by atoms with van der Waals surface area (Å²) in [7, 11) is 3.11. The first-order valence-electron chi connectivity index (χ1n) is 10.3. The fourth-order valence-electron chi connectivity index (χ4n) is 4.10. The number of benzene rings is 2. The minimum atomic E-state index is -0.341. The van der Waals surface area contributed by atoms with E-state index in [4.69, 9.17) is 4.74 Å². The van der Waals surface area contributed by atoms with Gasteiger partial charge in [0.1, 0.15) is 5.75 Å². The molecule has 0 aromatic heterocycles. The third kappa shape index (κ3) is 5.86. The molecule has 1 aliphatic carbocycles. The lowest BCUT2D eigenvalue weighted by Gasteiger charge is -2.29. The van der Waals surface area contributed by atoms with Crippen molar-refractivity contribution < 1.29 is 14.3 Å². The Kier molecular flexibility index (Phi) is 7.34. The smallest absolute Gasteiger partial charge is 0.330 e. The molecule has 0 radical (unpaired) electrons. The van der Waals surface area contributed by atoms with Crippen LogP contribution in [0.2, 0.25) is 0 Å². The molecule has 3 rings (SSSR count). The van der Waals surface area contributed by atoms with Gasteiger partial charge in [0, 0.05) is 18.3 Å². The van der Waals surface area contributed by atoms with Crippen LogP contribution < -0.4 is 10.1 Å². The van der Waals surface area contributed by atoms with Crippen LogP contribution in [0.5, 0.6) is 5.75 Å². The van der Waals surface area contributed by atoms with Gasteiger partial charge in [-0.1, -0.05) is 24.3 Å². The van der Waals surface area contributed by atoms with Gasteiger partial charge in [0.25, 0.3) is 0 Å². The summed E-state index contributed by atoms with van der Waals surface area (Å²) < 4.78 is 10.0. The minimum absolute atomic E-state index is 0.341. The Morgan fingerprint density at radius 2 is 1.90 bits per heavy atom. The molecule has 2 aromatic rings.